The van der Waals surface area contributed by atoms with Gasteiger partial charge < -0.3 is 10.1 Å². The predicted octanol–water partition coefficient (Wildman–Crippen LogP) is 2.25. The summed E-state index contributed by atoms with van der Waals surface area (Å²) < 4.78 is 7.15. The van der Waals surface area contributed by atoms with Crippen molar-refractivity contribution in [2.75, 3.05) is 6.61 Å². The maximum Gasteiger partial charge on any atom is 0.258 e. The first kappa shape index (κ1) is 14.4. The van der Waals surface area contributed by atoms with E-state index in [4.69, 9.17) is 16.3 Å². The summed E-state index contributed by atoms with van der Waals surface area (Å²) in [5.41, 5.74) is 0.826. The number of aromatic nitrogens is 2. The van der Waals surface area contributed by atoms with Crippen molar-refractivity contribution in [1.82, 2.24) is 15.1 Å². The number of ether oxygens (including phenoxy) is 1. The summed E-state index contributed by atoms with van der Waals surface area (Å²) in [6, 6.07) is 8.75. The van der Waals surface area contributed by atoms with Crippen LogP contribution in [0, 0.1) is 0 Å². The Morgan fingerprint density at radius 1 is 1.35 bits per heavy atom. The van der Waals surface area contributed by atoms with E-state index in [-0.39, 0.29) is 12.5 Å². The van der Waals surface area contributed by atoms with E-state index in [2.05, 4.69) is 10.4 Å². The number of carbonyl (C=O) groups is 1. The molecule has 0 radical (unpaired) electrons. The number of nitrogens with zero attached hydrogens (tertiary/aromatic N) is 2. The van der Waals surface area contributed by atoms with Gasteiger partial charge in [0.25, 0.3) is 5.91 Å². The highest BCUT2D eigenvalue weighted by atomic mass is 35.5. The van der Waals surface area contributed by atoms with Crippen molar-refractivity contribution >= 4 is 17.5 Å². The van der Waals surface area contributed by atoms with E-state index in [1.807, 2.05) is 23.9 Å². The summed E-state index contributed by atoms with van der Waals surface area (Å²) >= 11 is 5.76. The van der Waals surface area contributed by atoms with E-state index in [9.17, 15) is 4.79 Å². The van der Waals surface area contributed by atoms with Crippen molar-refractivity contribution in [3.05, 3.63) is 47.2 Å². The number of halogens is 1. The summed E-state index contributed by atoms with van der Waals surface area (Å²) in [6.45, 7) is 3.19. The van der Waals surface area contributed by atoms with Crippen LogP contribution in [0.1, 0.15) is 12.6 Å². The number of hydrogen-bond acceptors (Lipinski definition) is 3. The van der Waals surface area contributed by atoms with Gasteiger partial charge in [-0.05, 0) is 37.3 Å². The molecule has 1 heterocycles. The smallest absolute Gasteiger partial charge is 0.258 e. The maximum absolute atomic E-state index is 11.6. The molecule has 1 aromatic carbocycles. The van der Waals surface area contributed by atoms with Gasteiger partial charge in [0, 0.05) is 17.8 Å². The highest BCUT2D eigenvalue weighted by molar-refractivity contribution is 6.30. The van der Waals surface area contributed by atoms with E-state index in [1.54, 1.807) is 24.3 Å². The molecule has 0 unspecified atom stereocenters. The highest BCUT2D eigenvalue weighted by Crippen LogP contribution is 2.15. The Kier molecular flexibility index (Phi) is 5.01. The predicted molar refractivity (Wildman–Crippen MR) is 76.7 cm³/mol. The molecular weight excluding hydrogens is 278 g/mol. The van der Waals surface area contributed by atoms with E-state index < -0.39 is 0 Å². The molecule has 0 atom stereocenters. The molecule has 2 rings (SSSR count). The minimum Gasteiger partial charge on any atom is -0.484 e. The van der Waals surface area contributed by atoms with Gasteiger partial charge in [-0.3, -0.25) is 9.48 Å². The summed E-state index contributed by atoms with van der Waals surface area (Å²) in [5, 5.41) is 7.66. The third-order valence-corrected chi connectivity index (χ3v) is 2.92. The van der Waals surface area contributed by atoms with Crippen LogP contribution >= 0.6 is 11.6 Å². The topological polar surface area (TPSA) is 56.2 Å². The first-order chi connectivity index (χ1) is 9.67. The first-order valence-electron chi connectivity index (χ1n) is 6.35. The summed E-state index contributed by atoms with van der Waals surface area (Å²) in [6.07, 6.45) is 1.88. The summed E-state index contributed by atoms with van der Waals surface area (Å²) in [5.74, 6) is 0.422. The van der Waals surface area contributed by atoms with Gasteiger partial charge in [0.05, 0.1) is 12.2 Å². The molecule has 6 heteroatoms. The van der Waals surface area contributed by atoms with Crippen LogP contribution in [-0.2, 0) is 17.9 Å². The van der Waals surface area contributed by atoms with Gasteiger partial charge >= 0.3 is 0 Å². The molecule has 2 aromatic rings. The third kappa shape index (κ3) is 4.28. The molecule has 0 saturated carbocycles. The molecule has 0 bridgehead atoms. The van der Waals surface area contributed by atoms with Crippen molar-refractivity contribution in [1.29, 1.82) is 0 Å². The molecule has 1 N–H and O–H groups in total. The van der Waals surface area contributed by atoms with Gasteiger partial charge in [0.1, 0.15) is 5.75 Å². The largest absolute Gasteiger partial charge is 0.484 e. The number of carbonyl (C=O) groups excluding carboxylic acids is 1. The molecule has 1 aromatic heterocycles. The lowest BCUT2D eigenvalue weighted by Gasteiger charge is -2.06. The van der Waals surface area contributed by atoms with Crippen LogP contribution in [0.25, 0.3) is 0 Å². The summed E-state index contributed by atoms with van der Waals surface area (Å²) in [4.78, 5) is 11.6. The molecule has 0 aliphatic heterocycles. The lowest BCUT2D eigenvalue weighted by Crippen LogP contribution is -2.28. The first-order valence-corrected chi connectivity index (χ1v) is 6.72. The zero-order valence-corrected chi connectivity index (χ0v) is 11.9. The number of nitrogens with one attached hydrogen (secondary N) is 1. The average Bonchev–Trinajstić information content (AvgIpc) is 2.92. The van der Waals surface area contributed by atoms with Crippen molar-refractivity contribution in [3.8, 4) is 5.75 Å². The minimum absolute atomic E-state index is 0.0316. The van der Waals surface area contributed by atoms with E-state index >= 15 is 0 Å². The van der Waals surface area contributed by atoms with Crippen LogP contribution in [0.5, 0.6) is 5.75 Å². The van der Waals surface area contributed by atoms with Crippen LogP contribution in [0.2, 0.25) is 5.02 Å². The van der Waals surface area contributed by atoms with Crippen LogP contribution in [0.3, 0.4) is 0 Å². The van der Waals surface area contributed by atoms with Gasteiger partial charge in [0.15, 0.2) is 6.61 Å². The molecule has 5 nitrogen and oxygen atoms in total. The molecule has 20 heavy (non-hydrogen) atoms. The van der Waals surface area contributed by atoms with Gasteiger partial charge in [-0.2, -0.15) is 5.10 Å². The molecule has 0 aliphatic rings. The second-order valence-corrected chi connectivity index (χ2v) is 4.62. The van der Waals surface area contributed by atoms with Gasteiger partial charge in [-0.15, -0.1) is 0 Å². The van der Waals surface area contributed by atoms with Gasteiger partial charge in [0.2, 0.25) is 0 Å². The number of amides is 1. The molecule has 1 amide bonds. The van der Waals surface area contributed by atoms with Gasteiger partial charge in [-0.25, -0.2) is 0 Å². The molecule has 0 aliphatic carbocycles. The van der Waals surface area contributed by atoms with Crippen LogP contribution in [0.4, 0.5) is 0 Å². The second kappa shape index (κ2) is 6.96. The fourth-order valence-corrected chi connectivity index (χ4v) is 1.72. The maximum atomic E-state index is 11.6. The third-order valence-electron chi connectivity index (χ3n) is 2.67. The molecule has 106 valence electrons. The van der Waals surface area contributed by atoms with E-state index in [1.165, 1.54) is 0 Å². The van der Waals surface area contributed by atoms with E-state index in [0.717, 1.165) is 12.2 Å². The molecule has 0 saturated heterocycles. The highest BCUT2D eigenvalue weighted by Gasteiger charge is 2.04. The standard InChI is InChI=1S/C14H16ClN3O2/c1-2-18-8-7-12(17-18)9-16-14(19)10-20-13-5-3-11(15)4-6-13/h3-8H,2,9-10H2,1H3,(H,16,19). The monoisotopic (exact) mass is 293 g/mol. The normalized spacial score (nSPS) is 10.3. The Morgan fingerprint density at radius 3 is 2.75 bits per heavy atom. The second-order valence-electron chi connectivity index (χ2n) is 4.18. The van der Waals surface area contributed by atoms with Crippen LogP contribution in [0.15, 0.2) is 36.5 Å². The fraction of sp³-hybridized carbons (Fsp3) is 0.286. The summed E-state index contributed by atoms with van der Waals surface area (Å²) in [7, 11) is 0. The van der Waals surface area contributed by atoms with Gasteiger partial charge in [-0.1, -0.05) is 11.6 Å². The van der Waals surface area contributed by atoms with Crippen molar-refractivity contribution in [2.45, 2.75) is 20.0 Å². The molecular formula is C14H16ClN3O2. The van der Waals surface area contributed by atoms with Crippen molar-refractivity contribution in [2.24, 2.45) is 0 Å². The minimum atomic E-state index is -0.189. The van der Waals surface area contributed by atoms with Crippen molar-refractivity contribution in [3.63, 3.8) is 0 Å². The zero-order valence-electron chi connectivity index (χ0n) is 11.2. The number of rotatable bonds is 6. The lowest BCUT2D eigenvalue weighted by atomic mass is 10.3. The number of aryl methyl sites for hydroxylation is 1. The zero-order chi connectivity index (χ0) is 14.4. The van der Waals surface area contributed by atoms with Crippen LogP contribution in [-0.4, -0.2) is 22.3 Å². The Balaban J connectivity index is 1.74. The Labute approximate surface area is 122 Å². The number of hydrogen-bond donors (Lipinski definition) is 1. The lowest BCUT2D eigenvalue weighted by molar-refractivity contribution is -0.123. The molecule has 0 fully saturated rings. The molecule has 0 spiro atoms. The quantitative estimate of drug-likeness (QED) is 0.889. The fourth-order valence-electron chi connectivity index (χ4n) is 1.59. The average molecular weight is 294 g/mol. The van der Waals surface area contributed by atoms with Crippen LogP contribution < -0.4 is 10.1 Å². The number of benzene rings is 1. The Hall–Kier alpha value is -2.01. The Morgan fingerprint density at radius 2 is 2.10 bits per heavy atom. The SMILES string of the molecule is CCn1ccc(CNC(=O)COc2ccc(Cl)cc2)n1. The van der Waals surface area contributed by atoms with Crippen molar-refractivity contribution < 1.29 is 9.53 Å². The Bertz CT molecular complexity index is 566. The van der Waals surface area contributed by atoms with E-state index in [0.29, 0.717) is 17.3 Å².